The molecule has 6 nitrogen and oxygen atoms in total. The van der Waals surface area contributed by atoms with E-state index in [0.29, 0.717) is 11.7 Å². The maximum atomic E-state index is 7.29. The second-order valence-corrected chi connectivity index (χ2v) is 8.46. The Morgan fingerprint density at radius 1 is 1.09 bits per heavy atom. The Morgan fingerprint density at radius 2 is 1.84 bits per heavy atom. The summed E-state index contributed by atoms with van der Waals surface area (Å²) in [5.74, 6) is 0. The molecule has 0 aliphatic carbocycles. The maximum Gasteiger partial charge on any atom is 0.187 e. The molecule has 5 rings (SSSR count). The van der Waals surface area contributed by atoms with Gasteiger partial charge in [0.05, 0.1) is 12.3 Å². The molecule has 32 heavy (non-hydrogen) atoms. The summed E-state index contributed by atoms with van der Waals surface area (Å²) < 4.78 is 1.98. The number of aryl methyl sites for hydroxylation is 1. The lowest BCUT2D eigenvalue weighted by Gasteiger charge is -2.19. The summed E-state index contributed by atoms with van der Waals surface area (Å²) in [6.45, 7) is 12.3. The third-order valence-corrected chi connectivity index (χ3v) is 6.33. The van der Waals surface area contributed by atoms with Gasteiger partial charge in [-0.3, -0.25) is 4.90 Å². The number of hydrogen-bond acceptors (Lipinski definition) is 4. The van der Waals surface area contributed by atoms with Crippen LogP contribution < -0.4 is 5.32 Å². The van der Waals surface area contributed by atoms with Crippen molar-refractivity contribution in [3.8, 4) is 22.4 Å². The quantitative estimate of drug-likeness (QED) is 0.473. The SMILES string of the molecule is [C-]#[N+]c1ccc(-c2cc(CN3CC[C@H](NC)C3)c3ncnn3c2-c2ccc(C)cc2)cc1. The topological polar surface area (TPSA) is 49.8 Å². The highest BCUT2D eigenvalue weighted by atomic mass is 15.3. The van der Waals surface area contributed by atoms with Crippen LogP contribution in [0.5, 0.6) is 0 Å². The zero-order valence-corrected chi connectivity index (χ0v) is 18.4. The molecule has 0 spiro atoms. The van der Waals surface area contributed by atoms with Crippen LogP contribution in [-0.2, 0) is 6.54 Å². The normalized spacial score (nSPS) is 16.5. The van der Waals surface area contributed by atoms with E-state index in [1.54, 1.807) is 6.33 Å². The Balaban J connectivity index is 1.68. The van der Waals surface area contributed by atoms with Crippen LogP contribution in [-0.4, -0.2) is 45.7 Å². The molecule has 3 heterocycles. The minimum Gasteiger partial charge on any atom is -0.316 e. The van der Waals surface area contributed by atoms with Crippen LogP contribution >= 0.6 is 0 Å². The van der Waals surface area contributed by atoms with Crippen LogP contribution in [0.2, 0.25) is 0 Å². The number of pyridine rings is 1. The van der Waals surface area contributed by atoms with E-state index in [4.69, 9.17) is 6.57 Å². The maximum absolute atomic E-state index is 7.29. The molecule has 1 atom stereocenters. The average molecular weight is 423 g/mol. The first-order valence-electron chi connectivity index (χ1n) is 11.0. The van der Waals surface area contributed by atoms with Gasteiger partial charge in [0.1, 0.15) is 6.33 Å². The molecule has 1 saturated heterocycles. The van der Waals surface area contributed by atoms with Crippen LogP contribution in [0.4, 0.5) is 5.69 Å². The smallest absolute Gasteiger partial charge is 0.187 e. The van der Waals surface area contributed by atoms with Gasteiger partial charge in [-0.25, -0.2) is 14.3 Å². The van der Waals surface area contributed by atoms with Gasteiger partial charge >= 0.3 is 0 Å². The summed E-state index contributed by atoms with van der Waals surface area (Å²) in [6.07, 6.45) is 2.80. The van der Waals surface area contributed by atoms with Crippen molar-refractivity contribution in [2.75, 3.05) is 20.1 Å². The number of likely N-dealkylation sites (tertiary alicyclic amines) is 1. The van der Waals surface area contributed by atoms with E-state index >= 15 is 0 Å². The van der Waals surface area contributed by atoms with E-state index in [2.05, 4.69) is 62.4 Å². The van der Waals surface area contributed by atoms with E-state index in [-0.39, 0.29) is 0 Å². The number of rotatable bonds is 5. The van der Waals surface area contributed by atoms with Crippen LogP contribution in [0.3, 0.4) is 0 Å². The first-order chi connectivity index (χ1) is 15.7. The Labute approximate surface area is 188 Å². The standard InChI is InChI=1S/C26H26N6/c1-18-4-6-20(7-5-18)25-24(19-8-10-22(27-2)11-9-19)14-21(26-29-17-30-32(25)26)15-31-13-12-23(16-31)28-3/h4-11,14,17,23,28H,12-13,15-16H2,1,3H3/t23-/m0/s1. The molecule has 1 aliphatic heterocycles. The van der Waals surface area contributed by atoms with Crippen molar-refractivity contribution in [1.29, 1.82) is 0 Å². The van der Waals surface area contributed by atoms with E-state index in [0.717, 1.165) is 54.1 Å². The lowest BCUT2D eigenvalue weighted by atomic mass is 9.96. The van der Waals surface area contributed by atoms with Crippen molar-refractivity contribution in [2.24, 2.45) is 0 Å². The van der Waals surface area contributed by atoms with Gasteiger partial charge in [-0.05, 0) is 32.0 Å². The molecular formula is C26H26N6. The molecule has 1 fully saturated rings. The van der Waals surface area contributed by atoms with Gasteiger partial charge in [0.25, 0.3) is 0 Å². The van der Waals surface area contributed by atoms with Crippen LogP contribution in [0, 0.1) is 13.5 Å². The summed E-state index contributed by atoms with van der Waals surface area (Å²) in [5.41, 5.74) is 8.21. The van der Waals surface area contributed by atoms with Gasteiger partial charge in [-0.15, -0.1) is 0 Å². The van der Waals surface area contributed by atoms with Crippen LogP contribution in [0.25, 0.3) is 32.9 Å². The molecular weight excluding hydrogens is 396 g/mol. The van der Waals surface area contributed by atoms with Crippen molar-refractivity contribution in [3.05, 3.63) is 83.5 Å². The van der Waals surface area contributed by atoms with Crippen LogP contribution in [0.15, 0.2) is 60.9 Å². The Morgan fingerprint density at radius 3 is 2.53 bits per heavy atom. The lowest BCUT2D eigenvalue weighted by molar-refractivity contribution is 0.323. The number of benzene rings is 2. The highest BCUT2D eigenvalue weighted by Gasteiger charge is 2.24. The lowest BCUT2D eigenvalue weighted by Crippen LogP contribution is -2.29. The number of nitrogens with one attached hydrogen (secondary N) is 1. The van der Waals surface area contributed by atoms with Crippen LogP contribution in [0.1, 0.15) is 17.5 Å². The fraction of sp³-hybridized carbons (Fsp3) is 0.269. The predicted molar refractivity (Wildman–Crippen MR) is 128 cm³/mol. The van der Waals surface area contributed by atoms with Gasteiger partial charge in [0.2, 0.25) is 0 Å². The third-order valence-electron chi connectivity index (χ3n) is 6.33. The van der Waals surface area contributed by atoms with Gasteiger partial charge in [0, 0.05) is 42.4 Å². The zero-order chi connectivity index (χ0) is 22.1. The van der Waals surface area contributed by atoms with E-state index < -0.39 is 0 Å². The Bertz CT molecular complexity index is 1280. The monoisotopic (exact) mass is 422 g/mol. The fourth-order valence-electron chi connectivity index (χ4n) is 4.54. The predicted octanol–water partition coefficient (Wildman–Crippen LogP) is 4.72. The highest BCUT2D eigenvalue weighted by Crippen LogP contribution is 2.35. The number of hydrogen-bond donors (Lipinski definition) is 1. The largest absolute Gasteiger partial charge is 0.316 e. The number of aromatic nitrogens is 3. The Kier molecular flexibility index (Phi) is 5.44. The second-order valence-electron chi connectivity index (χ2n) is 8.46. The Hall–Kier alpha value is -3.53. The van der Waals surface area contributed by atoms with Gasteiger partial charge in [-0.1, -0.05) is 54.1 Å². The summed E-state index contributed by atoms with van der Waals surface area (Å²) in [6, 6.07) is 19.1. The number of fused-ring (bicyclic) bond motifs is 1. The summed E-state index contributed by atoms with van der Waals surface area (Å²) >= 11 is 0. The zero-order valence-electron chi connectivity index (χ0n) is 18.4. The van der Waals surface area contributed by atoms with E-state index in [1.807, 2.05) is 35.8 Å². The van der Waals surface area contributed by atoms with Gasteiger partial charge in [-0.2, -0.15) is 5.10 Å². The van der Waals surface area contributed by atoms with E-state index in [9.17, 15) is 0 Å². The molecule has 1 N–H and O–H groups in total. The van der Waals surface area contributed by atoms with Gasteiger partial charge < -0.3 is 5.32 Å². The molecule has 2 aromatic carbocycles. The summed E-state index contributed by atoms with van der Waals surface area (Å²) in [5, 5.41) is 8.03. The first-order valence-corrected chi connectivity index (χ1v) is 11.0. The molecule has 6 heteroatoms. The molecule has 0 radical (unpaired) electrons. The molecule has 2 aromatic heterocycles. The van der Waals surface area contributed by atoms with Crippen molar-refractivity contribution in [1.82, 2.24) is 24.8 Å². The fourth-order valence-corrected chi connectivity index (χ4v) is 4.54. The average Bonchev–Trinajstić information content (AvgIpc) is 3.49. The molecule has 0 bridgehead atoms. The molecule has 0 unspecified atom stereocenters. The minimum atomic E-state index is 0.538. The first kappa shape index (κ1) is 20.4. The molecule has 160 valence electrons. The van der Waals surface area contributed by atoms with Crippen molar-refractivity contribution in [3.63, 3.8) is 0 Å². The number of likely N-dealkylation sites (N-methyl/N-ethyl adjacent to an activating group) is 1. The highest BCUT2D eigenvalue weighted by molar-refractivity contribution is 5.84. The van der Waals surface area contributed by atoms with E-state index in [1.165, 1.54) is 11.1 Å². The molecule has 0 amide bonds. The van der Waals surface area contributed by atoms with Gasteiger partial charge in [0.15, 0.2) is 11.3 Å². The van der Waals surface area contributed by atoms with Crippen molar-refractivity contribution in [2.45, 2.75) is 25.9 Å². The molecule has 1 aliphatic rings. The second kappa shape index (κ2) is 8.54. The summed E-state index contributed by atoms with van der Waals surface area (Å²) in [7, 11) is 2.03. The third kappa shape index (κ3) is 3.77. The molecule has 4 aromatic rings. The minimum absolute atomic E-state index is 0.538. The number of nitrogens with zero attached hydrogens (tertiary/aromatic N) is 5. The summed E-state index contributed by atoms with van der Waals surface area (Å²) in [4.78, 5) is 10.7. The molecule has 0 saturated carbocycles. The van der Waals surface area contributed by atoms with Crippen molar-refractivity contribution >= 4 is 11.3 Å². The van der Waals surface area contributed by atoms with Crippen molar-refractivity contribution < 1.29 is 0 Å².